The first-order valence-corrected chi connectivity index (χ1v) is 21.4. The van der Waals surface area contributed by atoms with Gasteiger partial charge in [0.1, 0.15) is 17.7 Å². The highest BCUT2D eigenvalue weighted by Gasteiger charge is 2.43. The van der Waals surface area contributed by atoms with Gasteiger partial charge >= 0.3 is 6.09 Å². The van der Waals surface area contributed by atoms with Crippen molar-refractivity contribution in [3.8, 4) is 34.4 Å². The summed E-state index contributed by atoms with van der Waals surface area (Å²) < 4.78 is 21.2. The van der Waals surface area contributed by atoms with Crippen molar-refractivity contribution in [3.05, 3.63) is 83.7 Å². The van der Waals surface area contributed by atoms with Crippen LogP contribution in [0.2, 0.25) is 0 Å². The van der Waals surface area contributed by atoms with Crippen LogP contribution in [0.3, 0.4) is 0 Å². The molecular weight excluding hydrogens is 777 g/mol. The van der Waals surface area contributed by atoms with Crippen LogP contribution in [0.25, 0.3) is 22.5 Å². The van der Waals surface area contributed by atoms with Gasteiger partial charge < -0.3 is 44.0 Å². The Labute approximate surface area is 356 Å². The van der Waals surface area contributed by atoms with Crippen LogP contribution in [0, 0.1) is 35.5 Å². The van der Waals surface area contributed by atoms with Crippen LogP contribution in [0.1, 0.15) is 88.2 Å². The molecule has 61 heavy (non-hydrogen) atoms. The Morgan fingerprint density at radius 2 is 1.30 bits per heavy atom. The van der Waals surface area contributed by atoms with Crippen molar-refractivity contribution in [3.63, 3.8) is 0 Å². The Bertz CT molecular complexity index is 2220. The largest absolute Gasteiger partial charge is 0.453 e. The normalized spacial score (nSPS) is 23.0. The Hall–Kier alpha value is -5.53. The summed E-state index contributed by atoms with van der Waals surface area (Å²) in [5.41, 5.74) is 5.42. The maximum Gasteiger partial charge on any atom is 0.407 e. The maximum absolute atomic E-state index is 14.1. The predicted molar refractivity (Wildman–Crippen MR) is 226 cm³/mol. The Balaban J connectivity index is 0.899. The fourth-order valence-electron chi connectivity index (χ4n) is 8.91. The number of aromatic nitrogens is 4. The molecule has 0 bridgehead atoms. The average Bonchev–Trinajstić information content (AvgIpc) is 4.09. The zero-order valence-corrected chi connectivity index (χ0v) is 35.5. The third-order valence-corrected chi connectivity index (χ3v) is 12.3. The van der Waals surface area contributed by atoms with Gasteiger partial charge in [-0.3, -0.25) is 14.9 Å². The van der Waals surface area contributed by atoms with E-state index >= 15 is 0 Å². The molecule has 6 atom stereocenters. The monoisotopic (exact) mass is 832 g/mol. The lowest BCUT2D eigenvalue weighted by atomic mass is 9.90. The SMILES string of the molecule is COC(=O)N[C@H](C(=O)N1C[C@@H](C)C[C@H]1c1ncc(-c2ccc(C#Cc3ccc(-c4cnc([C@@H]5C[C@H](C)CN5C(=O)[C@@H](NC5OCO5)C(C)C)[nH]4)cc3)cc2)[nH]1)C1CCOCC1. The van der Waals surface area contributed by atoms with E-state index in [1.807, 2.05) is 78.4 Å². The number of alkyl carbamates (subject to hydrolysis) is 1. The van der Waals surface area contributed by atoms with Crippen molar-refractivity contribution in [2.75, 3.05) is 40.2 Å². The lowest BCUT2D eigenvalue weighted by molar-refractivity contribution is -0.335. The number of amides is 3. The molecule has 4 fully saturated rings. The number of H-pyrrole nitrogens is 2. The molecule has 2 aromatic heterocycles. The van der Waals surface area contributed by atoms with E-state index in [-0.39, 0.29) is 48.4 Å². The molecule has 4 N–H and O–H groups in total. The number of benzene rings is 2. The predicted octanol–water partition coefficient (Wildman–Crippen LogP) is 5.74. The molecule has 15 heteroatoms. The highest BCUT2D eigenvalue weighted by atomic mass is 16.9. The molecule has 322 valence electrons. The number of nitrogens with zero attached hydrogens (tertiary/aromatic N) is 4. The molecule has 0 saturated carbocycles. The first-order valence-electron chi connectivity index (χ1n) is 21.4. The third kappa shape index (κ3) is 9.53. The number of nitrogens with one attached hydrogen (secondary N) is 4. The Kier molecular flexibility index (Phi) is 12.9. The van der Waals surface area contributed by atoms with Crippen LogP contribution in [0.4, 0.5) is 4.79 Å². The van der Waals surface area contributed by atoms with Crippen LogP contribution in [-0.2, 0) is 28.5 Å². The van der Waals surface area contributed by atoms with E-state index < -0.39 is 24.6 Å². The van der Waals surface area contributed by atoms with Crippen molar-refractivity contribution in [1.82, 2.24) is 40.4 Å². The lowest BCUT2D eigenvalue weighted by Crippen LogP contribution is -2.56. The van der Waals surface area contributed by atoms with Gasteiger partial charge in [0.15, 0.2) is 6.79 Å². The number of rotatable bonds is 11. The molecule has 0 aliphatic carbocycles. The van der Waals surface area contributed by atoms with Crippen molar-refractivity contribution in [1.29, 1.82) is 0 Å². The molecular formula is C46H56N8O7. The number of carbonyl (C=O) groups is 3. The van der Waals surface area contributed by atoms with Gasteiger partial charge in [-0.15, -0.1) is 0 Å². The van der Waals surface area contributed by atoms with E-state index in [9.17, 15) is 14.4 Å². The zero-order chi connectivity index (χ0) is 42.6. The highest BCUT2D eigenvalue weighted by Crippen LogP contribution is 2.38. The number of likely N-dealkylation sites (tertiary alicyclic amines) is 2. The van der Waals surface area contributed by atoms with Crippen molar-refractivity contribution >= 4 is 17.9 Å². The standard InChI is InChI=1S/C46H56N8O7/c1-27(2)39(52-46-60-26-61-46)43(55)53-24-28(3)20-37(53)41-47-22-35(49-41)32-12-8-30(9-13-32)6-7-31-10-14-33(15-11-31)36-23-48-42(50-36)38-21-29(4)25-54(38)44(56)40(51-45(57)58-5)34-16-18-59-19-17-34/h8-15,22-23,27-29,34,37-40,46,52H,16-21,24-26H2,1-5H3,(H,47,49)(H,48,50)(H,51,57)/t28-,29-,37-,38-,39-,40-/m0/s1. The van der Waals surface area contributed by atoms with Gasteiger partial charge in [-0.2, -0.15) is 0 Å². The van der Waals surface area contributed by atoms with Crippen LogP contribution >= 0.6 is 0 Å². The summed E-state index contributed by atoms with van der Waals surface area (Å²) in [6, 6.07) is 14.5. The molecule has 2 aromatic carbocycles. The molecule has 3 amide bonds. The van der Waals surface area contributed by atoms with E-state index in [4.69, 9.17) is 28.9 Å². The average molecular weight is 833 g/mol. The topological polar surface area (TPSA) is 176 Å². The van der Waals surface area contributed by atoms with Gasteiger partial charge in [-0.05, 0) is 84.7 Å². The summed E-state index contributed by atoms with van der Waals surface area (Å²) in [4.78, 5) is 60.4. The van der Waals surface area contributed by atoms with Gasteiger partial charge in [0.25, 0.3) is 0 Å². The summed E-state index contributed by atoms with van der Waals surface area (Å²) in [6.07, 6.45) is 5.45. The van der Waals surface area contributed by atoms with E-state index in [0.717, 1.165) is 58.1 Å². The smallest absolute Gasteiger partial charge is 0.407 e. The molecule has 15 nitrogen and oxygen atoms in total. The van der Waals surface area contributed by atoms with Gasteiger partial charge in [0.2, 0.25) is 18.2 Å². The molecule has 0 radical (unpaired) electrons. The summed E-state index contributed by atoms with van der Waals surface area (Å²) in [5, 5.41) is 6.03. The number of hydrogen-bond acceptors (Lipinski definition) is 10. The summed E-state index contributed by atoms with van der Waals surface area (Å²) in [5.74, 6) is 8.60. The van der Waals surface area contributed by atoms with Crippen LogP contribution < -0.4 is 10.6 Å². The number of ether oxygens (including phenoxy) is 4. The molecule has 4 aliphatic heterocycles. The molecule has 6 heterocycles. The second-order valence-electron chi connectivity index (χ2n) is 17.2. The zero-order valence-electron chi connectivity index (χ0n) is 35.5. The minimum absolute atomic E-state index is 0.0255. The van der Waals surface area contributed by atoms with Crippen LogP contribution in [0.15, 0.2) is 60.9 Å². The first-order chi connectivity index (χ1) is 29.5. The second kappa shape index (κ2) is 18.6. The first kappa shape index (κ1) is 42.2. The minimum Gasteiger partial charge on any atom is -0.453 e. The van der Waals surface area contributed by atoms with Crippen molar-refractivity contribution in [2.45, 2.75) is 84.0 Å². The molecule has 4 aliphatic rings. The highest BCUT2D eigenvalue weighted by molar-refractivity contribution is 5.86. The minimum atomic E-state index is -0.693. The fourth-order valence-corrected chi connectivity index (χ4v) is 8.91. The quantitative estimate of drug-likeness (QED) is 0.137. The maximum atomic E-state index is 14.1. The van der Waals surface area contributed by atoms with E-state index in [1.165, 1.54) is 7.11 Å². The fraction of sp³-hybridized carbons (Fsp3) is 0.500. The van der Waals surface area contributed by atoms with Crippen LogP contribution in [-0.4, -0.2) is 106 Å². The van der Waals surface area contributed by atoms with E-state index in [0.29, 0.717) is 45.1 Å². The third-order valence-electron chi connectivity index (χ3n) is 12.3. The van der Waals surface area contributed by atoms with Gasteiger partial charge in [0.05, 0.1) is 49.0 Å². The number of methoxy groups -OCH3 is 1. The number of carbonyl (C=O) groups excluding carboxylic acids is 3. The van der Waals surface area contributed by atoms with E-state index in [1.54, 1.807) is 6.20 Å². The summed E-state index contributed by atoms with van der Waals surface area (Å²) in [7, 11) is 1.31. The van der Waals surface area contributed by atoms with E-state index in [2.05, 4.69) is 46.3 Å². The van der Waals surface area contributed by atoms with Gasteiger partial charge in [-0.1, -0.05) is 63.8 Å². The number of imidazole rings is 2. The van der Waals surface area contributed by atoms with Crippen LogP contribution in [0.5, 0.6) is 0 Å². The lowest BCUT2D eigenvalue weighted by Gasteiger charge is -2.35. The Morgan fingerprint density at radius 3 is 1.75 bits per heavy atom. The summed E-state index contributed by atoms with van der Waals surface area (Å²) >= 11 is 0. The number of aromatic amines is 2. The van der Waals surface area contributed by atoms with Crippen molar-refractivity contribution in [2.24, 2.45) is 23.7 Å². The Morgan fingerprint density at radius 1 is 0.787 bits per heavy atom. The van der Waals surface area contributed by atoms with Crippen molar-refractivity contribution < 1.29 is 33.3 Å². The molecule has 0 spiro atoms. The van der Waals surface area contributed by atoms with Gasteiger partial charge in [-0.25, -0.2) is 14.8 Å². The second-order valence-corrected chi connectivity index (χ2v) is 17.2. The summed E-state index contributed by atoms with van der Waals surface area (Å²) in [6.45, 7) is 10.9. The molecule has 8 rings (SSSR count). The van der Waals surface area contributed by atoms with Gasteiger partial charge in [0, 0.05) is 37.4 Å². The molecule has 4 saturated heterocycles. The molecule has 0 unspecified atom stereocenters. The molecule has 4 aromatic rings. The number of hydrogen-bond donors (Lipinski definition) is 4.